The largest absolute Gasteiger partial charge is 0.396 e. The molecule has 0 aromatic carbocycles. The van der Waals surface area contributed by atoms with Crippen molar-refractivity contribution in [3.05, 3.63) is 12.4 Å². The molecule has 1 aliphatic rings. The summed E-state index contributed by atoms with van der Waals surface area (Å²) < 4.78 is 1.92. The van der Waals surface area contributed by atoms with Crippen LogP contribution in [0.2, 0.25) is 0 Å². The van der Waals surface area contributed by atoms with E-state index in [0.717, 1.165) is 31.9 Å². The number of nitrogens with zero attached hydrogens (tertiary/aromatic N) is 4. The second-order valence-electron chi connectivity index (χ2n) is 5.16. The van der Waals surface area contributed by atoms with E-state index in [1.807, 2.05) is 10.9 Å². The van der Waals surface area contributed by atoms with Crippen LogP contribution in [0.5, 0.6) is 0 Å². The monoisotopic (exact) mass is 237 g/mol. The van der Waals surface area contributed by atoms with Crippen LogP contribution >= 0.6 is 0 Å². The number of hydrogen-bond acceptors (Lipinski definition) is 4. The Morgan fingerprint density at radius 3 is 2.47 bits per heavy atom. The zero-order valence-electron chi connectivity index (χ0n) is 11.0. The fourth-order valence-corrected chi connectivity index (χ4v) is 2.44. The lowest BCUT2D eigenvalue weighted by Gasteiger charge is -2.42. The highest BCUT2D eigenvalue weighted by molar-refractivity contribution is 5.30. The normalized spacial score (nSPS) is 27.5. The average molecular weight is 237 g/mol. The minimum absolute atomic E-state index is 0.626. The number of anilines is 1. The highest BCUT2D eigenvalue weighted by atomic mass is 15.3. The van der Waals surface area contributed by atoms with Crippen molar-refractivity contribution in [2.75, 3.05) is 32.4 Å². The molecule has 2 rings (SSSR count). The van der Waals surface area contributed by atoms with Gasteiger partial charge in [-0.15, -0.1) is 0 Å². The number of aromatic nitrogens is 2. The number of likely N-dealkylation sites (N-methyl/N-ethyl adjacent to an activating group) is 1. The highest BCUT2D eigenvalue weighted by Gasteiger charge is 2.25. The van der Waals surface area contributed by atoms with Crippen molar-refractivity contribution < 1.29 is 0 Å². The lowest BCUT2D eigenvalue weighted by Crippen LogP contribution is -2.55. The molecular formula is C12H23N5. The minimum atomic E-state index is 0.626. The molecule has 0 aliphatic carbocycles. The molecule has 2 unspecified atom stereocenters. The first-order valence-electron chi connectivity index (χ1n) is 6.28. The summed E-state index contributed by atoms with van der Waals surface area (Å²) in [6.45, 7) is 8.81. The van der Waals surface area contributed by atoms with Gasteiger partial charge in [-0.05, 0) is 20.9 Å². The molecule has 1 fully saturated rings. The highest BCUT2D eigenvalue weighted by Crippen LogP contribution is 2.13. The van der Waals surface area contributed by atoms with Crippen molar-refractivity contribution in [2.45, 2.75) is 32.5 Å². The Morgan fingerprint density at radius 2 is 1.94 bits per heavy atom. The fourth-order valence-electron chi connectivity index (χ4n) is 2.44. The van der Waals surface area contributed by atoms with Gasteiger partial charge in [0.1, 0.15) is 0 Å². The average Bonchev–Trinajstić information content (AvgIpc) is 2.69. The van der Waals surface area contributed by atoms with Gasteiger partial charge in [-0.25, -0.2) is 0 Å². The molecule has 2 N–H and O–H groups in total. The van der Waals surface area contributed by atoms with E-state index in [1.54, 1.807) is 6.20 Å². The lowest BCUT2D eigenvalue weighted by molar-refractivity contribution is 0.0575. The van der Waals surface area contributed by atoms with Gasteiger partial charge in [0.05, 0.1) is 18.4 Å². The van der Waals surface area contributed by atoms with Gasteiger partial charge in [0, 0.05) is 37.9 Å². The van der Waals surface area contributed by atoms with Crippen molar-refractivity contribution in [1.29, 1.82) is 0 Å². The van der Waals surface area contributed by atoms with Crippen LogP contribution in [0.15, 0.2) is 12.4 Å². The summed E-state index contributed by atoms with van der Waals surface area (Å²) in [6, 6.07) is 1.25. The van der Waals surface area contributed by atoms with Crippen LogP contribution in [0.1, 0.15) is 13.8 Å². The molecule has 0 bridgehead atoms. The maximum atomic E-state index is 5.65. The van der Waals surface area contributed by atoms with Gasteiger partial charge in [-0.3, -0.25) is 14.5 Å². The predicted molar refractivity (Wildman–Crippen MR) is 69.8 cm³/mol. The van der Waals surface area contributed by atoms with E-state index in [2.05, 4.69) is 35.8 Å². The van der Waals surface area contributed by atoms with E-state index in [9.17, 15) is 0 Å². The summed E-state index contributed by atoms with van der Waals surface area (Å²) in [7, 11) is 2.21. The summed E-state index contributed by atoms with van der Waals surface area (Å²) in [5.41, 5.74) is 6.39. The maximum absolute atomic E-state index is 5.65. The Hall–Kier alpha value is -1.07. The number of hydrogen-bond donors (Lipinski definition) is 1. The quantitative estimate of drug-likeness (QED) is 0.831. The summed E-state index contributed by atoms with van der Waals surface area (Å²) in [6.07, 6.45) is 3.60. The molecule has 0 spiro atoms. The lowest BCUT2D eigenvalue weighted by atomic mass is 10.1. The van der Waals surface area contributed by atoms with E-state index in [0.29, 0.717) is 12.1 Å². The first-order valence-corrected chi connectivity index (χ1v) is 6.28. The standard InChI is InChI=1S/C12H23N5/c1-10-7-16(8-11(2)15(10)3)4-5-17-9-12(13)6-14-17/h6,9-11H,4-5,7-8,13H2,1-3H3. The smallest absolute Gasteiger partial charge is 0.0719 e. The van der Waals surface area contributed by atoms with Gasteiger partial charge in [0.25, 0.3) is 0 Å². The van der Waals surface area contributed by atoms with Gasteiger partial charge in [0.2, 0.25) is 0 Å². The first-order chi connectivity index (χ1) is 8.06. The first kappa shape index (κ1) is 12.4. The third-order valence-electron chi connectivity index (χ3n) is 3.73. The van der Waals surface area contributed by atoms with Crippen LogP contribution in [0.3, 0.4) is 0 Å². The maximum Gasteiger partial charge on any atom is 0.0719 e. The van der Waals surface area contributed by atoms with E-state index in [-0.39, 0.29) is 0 Å². The van der Waals surface area contributed by atoms with Crippen LogP contribution < -0.4 is 5.73 Å². The molecule has 1 aliphatic heterocycles. The summed E-state index contributed by atoms with van der Waals surface area (Å²) in [5, 5.41) is 4.21. The van der Waals surface area contributed by atoms with E-state index < -0.39 is 0 Å². The van der Waals surface area contributed by atoms with E-state index in [4.69, 9.17) is 5.73 Å². The van der Waals surface area contributed by atoms with E-state index in [1.165, 1.54) is 0 Å². The second-order valence-corrected chi connectivity index (χ2v) is 5.16. The topological polar surface area (TPSA) is 50.3 Å². The molecule has 0 saturated carbocycles. The summed E-state index contributed by atoms with van der Waals surface area (Å²) in [4.78, 5) is 4.95. The van der Waals surface area contributed by atoms with Gasteiger partial charge < -0.3 is 5.73 Å². The van der Waals surface area contributed by atoms with Gasteiger partial charge >= 0.3 is 0 Å². The van der Waals surface area contributed by atoms with Gasteiger partial charge in [0.15, 0.2) is 0 Å². The van der Waals surface area contributed by atoms with Crippen molar-refractivity contribution in [1.82, 2.24) is 19.6 Å². The number of nitrogen functional groups attached to an aromatic ring is 1. The second kappa shape index (κ2) is 5.06. The predicted octanol–water partition coefficient (Wildman–Crippen LogP) is 0.490. The van der Waals surface area contributed by atoms with Crippen molar-refractivity contribution in [3.8, 4) is 0 Å². The Morgan fingerprint density at radius 1 is 1.29 bits per heavy atom. The van der Waals surface area contributed by atoms with Crippen molar-refractivity contribution in [2.24, 2.45) is 0 Å². The van der Waals surface area contributed by atoms with Crippen LogP contribution in [-0.4, -0.2) is 58.3 Å². The molecule has 5 nitrogen and oxygen atoms in total. The molecule has 2 heterocycles. The Kier molecular flexibility index (Phi) is 3.69. The number of nitrogens with two attached hydrogens (primary N) is 1. The number of piperazine rings is 1. The van der Waals surface area contributed by atoms with Gasteiger partial charge in [-0.1, -0.05) is 0 Å². The molecule has 17 heavy (non-hydrogen) atoms. The SMILES string of the molecule is CC1CN(CCn2cc(N)cn2)CC(C)N1C. The van der Waals surface area contributed by atoms with E-state index >= 15 is 0 Å². The van der Waals surface area contributed by atoms with Crippen LogP contribution in [0, 0.1) is 0 Å². The Labute approximate surface area is 103 Å². The van der Waals surface area contributed by atoms with Crippen LogP contribution in [-0.2, 0) is 6.54 Å². The van der Waals surface area contributed by atoms with Crippen LogP contribution in [0.4, 0.5) is 5.69 Å². The zero-order valence-corrected chi connectivity index (χ0v) is 11.0. The molecule has 1 saturated heterocycles. The molecule has 0 amide bonds. The summed E-state index contributed by atoms with van der Waals surface area (Å²) in [5.74, 6) is 0. The molecule has 5 heteroatoms. The molecular weight excluding hydrogens is 214 g/mol. The third-order valence-corrected chi connectivity index (χ3v) is 3.73. The van der Waals surface area contributed by atoms with Gasteiger partial charge in [-0.2, -0.15) is 5.10 Å². The third kappa shape index (κ3) is 2.98. The number of rotatable bonds is 3. The zero-order chi connectivity index (χ0) is 12.4. The Bertz CT molecular complexity index is 350. The van der Waals surface area contributed by atoms with Crippen molar-refractivity contribution in [3.63, 3.8) is 0 Å². The van der Waals surface area contributed by atoms with Crippen molar-refractivity contribution >= 4 is 5.69 Å². The molecule has 0 radical (unpaired) electrons. The fraction of sp³-hybridized carbons (Fsp3) is 0.750. The molecule has 1 aromatic heterocycles. The molecule has 2 atom stereocenters. The molecule has 96 valence electrons. The molecule has 1 aromatic rings. The minimum Gasteiger partial charge on any atom is -0.396 e. The summed E-state index contributed by atoms with van der Waals surface area (Å²) >= 11 is 0. The Balaban J connectivity index is 1.84. The van der Waals surface area contributed by atoms with Crippen LogP contribution in [0.25, 0.3) is 0 Å².